The molecule has 0 spiro atoms. The third-order valence-corrected chi connectivity index (χ3v) is 7.45. The summed E-state index contributed by atoms with van der Waals surface area (Å²) in [5.74, 6) is 5.99. The first-order chi connectivity index (χ1) is 17.8. The van der Waals surface area contributed by atoms with Gasteiger partial charge in [0.25, 0.3) is 0 Å². The Hall–Kier alpha value is -3.01. The predicted molar refractivity (Wildman–Crippen MR) is 151 cm³/mol. The van der Waals surface area contributed by atoms with Crippen LogP contribution in [0.15, 0.2) is 45.8 Å². The van der Waals surface area contributed by atoms with Crippen molar-refractivity contribution < 1.29 is 4.74 Å². The second-order valence-corrected chi connectivity index (χ2v) is 10.4. The van der Waals surface area contributed by atoms with Crippen LogP contribution in [0.2, 0.25) is 0 Å². The molecule has 0 saturated carbocycles. The van der Waals surface area contributed by atoms with E-state index in [0.29, 0.717) is 5.84 Å². The van der Waals surface area contributed by atoms with Crippen LogP contribution < -0.4 is 16.9 Å². The number of hydrogen-bond donors (Lipinski definition) is 3. The fourth-order valence-electron chi connectivity index (χ4n) is 5.66. The number of pyridine rings is 1. The van der Waals surface area contributed by atoms with Gasteiger partial charge in [0.2, 0.25) is 0 Å². The zero-order chi connectivity index (χ0) is 26.5. The third kappa shape index (κ3) is 6.47. The molecule has 1 aromatic rings. The van der Waals surface area contributed by atoms with Crippen LogP contribution in [0.4, 0.5) is 0 Å². The van der Waals surface area contributed by atoms with Gasteiger partial charge >= 0.3 is 0 Å². The summed E-state index contributed by atoms with van der Waals surface area (Å²) in [5.41, 5.74) is 13.7. The van der Waals surface area contributed by atoms with Crippen molar-refractivity contribution in [3.05, 3.63) is 58.2 Å². The van der Waals surface area contributed by atoms with Gasteiger partial charge < -0.3 is 21.6 Å². The number of allylic oxidation sites excluding steroid dienone is 1. The molecule has 3 atom stereocenters. The van der Waals surface area contributed by atoms with E-state index in [1.54, 1.807) is 0 Å². The van der Waals surface area contributed by atoms with Gasteiger partial charge in [-0.15, -0.1) is 0 Å². The minimum Gasteiger partial charge on any atom is -0.384 e. The quantitative estimate of drug-likeness (QED) is 0.215. The maximum Gasteiger partial charge on any atom is 0.136 e. The topological polar surface area (TPSA) is 117 Å². The molecule has 3 aliphatic heterocycles. The van der Waals surface area contributed by atoms with E-state index in [1.165, 1.54) is 11.1 Å². The summed E-state index contributed by atoms with van der Waals surface area (Å²) in [6.07, 6.45) is 8.31. The van der Waals surface area contributed by atoms with Gasteiger partial charge in [0.15, 0.2) is 0 Å². The molecule has 9 heteroatoms. The largest absolute Gasteiger partial charge is 0.384 e. The Morgan fingerprint density at radius 3 is 2.73 bits per heavy atom. The third-order valence-electron chi connectivity index (χ3n) is 7.45. The monoisotopic (exact) mass is 506 g/mol. The Kier molecular flexibility index (Phi) is 8.79. The average molecular weight is 507 g/mol. The van der Waals surface area contributed by atoms with Crippen molar-refractivity contribution in [2.75, 3.05) is 39.4 Å². The molecule has 2 saturated heterocycles. The standard InChI is InChI=1S/C28H42N8O/c1-18-13-19(2)32-21(4)24(18)14-20(3)33-22(5)25-15-23(17-35-9-11-37-12-10-35)16-31-28(25)36-8-6-7-26(36)27(29)34-30/h13-16,25-26,28,33H,5-12,17,30H2,1-4H3,(H2,29,34)/b20-14+. The molecule has 200 valence electrons. The lowest BCUT2D eigenvalue weighted by molar-refractivity contribution is 0.0427. The van der Waals surface area contributed by atoms with Crippen molar-refractivity contribution in [1.29, 1.82) is 0 Å². The van der Waals surface area contributed by atoms with Gasteiger partial charge in [-0.1, -0.05) is 12.7 Å². The van der Waals surface area contributed by atoms with Crippen LogP contribution in [0.3, 0.4) is 0 Å². The average Bonchev–Trinajstić information content (AvgIpc) is 3.36. The van der Waals surface area contributed by atoms with Crippen LogP contribution in [0, 0.1) is 26.7 Å². The molecule has 5 N–H and O–H groups in total. The molecule has 1 aromatic heterocycles. The zero-order valence-electron chi connectivity index (χ0n) is 22.7. The molecular formula is C28H42N8O. The van der Waals surface area contributed by atoms with E-state index in [9.17, 15) is 0 Å². The van der Waals surface area contributed by atoms with Crippen LogP contribution in [0.1, 0.15) is 42.3 Å². The lowest BCUT2D eigenvalue weighted by Gasteiger charge is -2.37. The second kappa shape index (κ2) is 12.0. The number of nitrogens with zero attached hydrogens (tertiary/aromatic N) is 5. The van der Waals surface area contributed by atoms with E-state index >= 15 is 0 Å². The predicted octanol–water partition coefficient (Wildman–Crippen LogP) is 2.45. The van der Waals surface area contributed by atoms with Crippen LogP contribution in [0.25, 0.3) is 6.08 Å². The smallest absolute Gasteiger partial charge is 0.136 e. The number of nitrogens with two attached hydrogens (primary N) is 2. The highest BCUT2D eigenvalue weighted by Gasteiger charge is 2.38. The first-order valence-corrected chi connectivity index (χ1v) is 13.2. The number of ether oxygens (including phenoxy) is 1. The molecule has 37 heavy (non-hydrogen) atoms. The number of likely N-dealkylation sites (tertiary alicyclic amines) is 1. The summed E-state index contributed by atoms with van der Waals surface area (Å²) in [6.45, 7) is 17.9. The molecule has 0 aromatic carbocycles. The second-order valence-electron chi connectivity index (χ2n) is 10.4. The normalized spacial score (nSPS) is 25.8. The highest BCUT2D eigenvalue weighted by atomic mass is 16.5. The number of aryl methyl sites for hydroxylation is 3. The van der Waals surface area contributed by atoms with Gasteiger partial charge in [0.1, 0.15) is 12.0 Å². The first kappa shape index (κ1) is 27.0. The van der Waals surface area contributed by atoms with E-state index < -0.39 is 0 Å². The van der Waals surface area contributed by atoms with Crippen molar-refractivity contribution in [1.82, 2.24) is 20.1 Å². The Labute approximate surface area is 221 Å². The molecule has 4 rings (SSSR count). The van der Waals surface area contributed by atoms with Gasteiger partial charge in [-0.3, -0.25) is 19.8 Å². The number of amidine groups is 1. The number of morpholine rings is 1. The Balaban J connectivity index is 1.58. The minimum atomic E-state index is -0.126. The molecular weight excluding hydrogens is 464 g/mol. The van der Waals surface area contributed by atoms with E-state index in [0.717, 1.165) is 80.6 Å². The van der Waals surface area contributed by atoms with Gasteiger partial charge in [-0.25, -0.2) is 0 Å². The van der Waals surface area contributed by atoms with Crippen molar-refractivity contribution in [3.8, 4) is 0 Å². The molecule has 3 aliphatic rings. The van der Waals surface area contributed by atoms with Crippen molar-refractivity contribution in [3.63, 3.8) is 0 Å². The molecule has 4 heterocycles. The fourth-order valence-corrected chi connectivity index (χ4v) is 5.66. The van der Waals surface area contributed by atoms with Crippen LogP contribution in [0.5, 0.6) is 0 Å². The van der Waals surface area contributed by atoms with E-state index in [4.69, 9.17) is 21.3 Å². The molecule has 0 radical (unpaired) electrons. The molecule has 9 nitrogen and oxygen atoms in total. The summed E-state index contributed by atoms with van der Waals surface area (Å²) in [7, 11) is 0. The maximum absolute atomic E-state index is 6.20. The Bertz CT molecular complexity index is 1090. The van der Waals surface area contributed by atoms with Crippen LogP contribution >= 0.6 is 0 Å². The number of aromatic nitrogens is 1. The molecule has 0 amide bonds. The maximum atomic E-state index is 6.20. The van der Waals surface area contributed by atoms with Crippen molar-refractivity contribution in [2.24, 2.45) is 27.6 Å². The summed E-state index contributed by atoms with van der Waals surface area (Å²) in [5, 5.41) is 7.39. The summed E-state index contributed by atoms with van der Waals surface area (Å²) in [4.78, 5) is 14.4. The number of aliphatic imine (C=N–C) groups is 1. The SMILES string of the molecule is C=C(N/C(C)=C/c1c(C)cc(C)nc1C)C1C=C(CN2CCOCC2)C=NC1N1CCCC1/C(N)=N/N. The lowest BCUT2D eigenvalue weighted by atomic mass is 9.94. The number of rotatable bonds is 8. The highest BCUT2D eigenvalue weighted by Crippen LogP contribution is 2.31. The van der Waals surface area contributed by atoms with Gasteiger partial charge in [0.05, 0.1) is 25.2 Å². The summed E-state index contributed by atoms with van der Waals surface area (Å²) >= 11 is 0. The van der Waals surface area contributed by atoms with Crippen LogP contribution in [-0.2, 0) is 4.74 Å². The highest BCUT2D eigenvalue weighted by molar-refractivity contribution is 5.86. The van der Waals surface area contributed by atoms with Gasteiger partial charge in [-0.05, 0) is 63.8 Å². The van der Waals surface area contributed by atoms with E-state index in [2.05, 4.69) is 70.8 Å². The first-order valence-electron chi connectivity index (χ1n) is 13.2. The number of dihydropyridines is 1. The van der Waals surface area contributed by atoms with Crippen LogP contribution in [-0.4, -0.2) is 78.4 Å². The number of hydrazone groups is 1. The van der Waals surface area contributed by atoms with Crippen molar-refractivity contribution >= 4 is 18.1 Å². The number of hydrogen-bond acceptors (Lipinski definition) is 8. The van der Waals surface area contributed by atoms with E-state index in [1.807, 2.05) is 13.1 Å². The zero-order valence-corrected chi connectivity index (χ0v) is 22.7. The van der Waals surface area contributed by atoms with Gasteiger partial charge in [0, 0.05) is 60.7 Å². The Morgan fingerprint density at radius 2 is 2.03 bits per heavy atom. The summed E-state index contributed by atoms with van der Waals surface area (Å²) in [6, 6.07) is 2.10. The molecule has 0 aliphatic carbocycles. The molecule has 3 unspecified atom stereocenters. The minimum absolute atomic E-state index is 0.0165. The summed E-state index contributed by atoms with van der Waals surface area (Å²) < 4.78 is 5.52. The fraction of sp³-hybridized carbons (Fsp3) is 0.536. The Morgan fingerprint density at radius 1 is 1.27 bits per heavy atom. The lowest BCUT2D eigenvalue weighted by Crippen LogP contribution is -2.50. The molecule has 0 bridgehead atoms. The van der Waals surface area contributed by atoms with Gasteiger partial charge in [-0.2, -0.15) is 5.10 Å². The van der Waals surface area contributed by atoms with Crippen molar-refractivity contribution in [2.45, 2.75) is 52.7 Å². The molecule has 2 fully saturated rings. The number of nitrogens with one attached hydrogen (secondary N) is 1. The van der Waals surface area contributed by atoms with E-state index in [-0.39, 0.29) is 18.1 Å².